The lowest BCUT2D eigenvalue weighted by molar-refractivity contribution is -0.385. The summed E-state index contributed by atoms with van der Waals surface area (Å²) in [7, 11) is 0. The first-order chi connectivity index (χ1) is 8.11. The average molecular weight is 301 g/mol. The number of nitrogens with zero attached hydrogens (tertiary/aromatic N) is 2. The summed E-state index contributed by atoms with van der Waals surface area (Å²) in [4.78, 5) is 14.1. The molecule has 3 N–H and O–H groups in total. The molecule has 6 nitrogen and oxygen atoms in total. The molecule has 92 valence electrons. The van der Waals surface area contributed by atoms with E-state index in [1.165, 1.54) is 25.1 Å². The second kappa shape index (κ2) is 4.97. The van der Waals surface area contributed by atoms with Gasteiger partial charge in [0.2, 0.25) is 0 Å². The van der Waals surface area contributed by atoms with Crippen LogP contribution in [0.1, 0.15) is 12.8 Å². The molecule has 7 heteroatoms. The highest BCUT2D eigenvalue weighted by Gasteiger charge is 2.30. The quantitative estimate of drug-likeness (QED) is 0.640. The van der Waals surface area contributed by atoms with Crippen molar-refractivity contribution in [2.75, 3.05) is 11.9 Å². The number of anilines is 1. The largest absolute Gasteiger partial charge is 0.365 e. The lowest BCUT2D eigenvalue weighted by Gasteiger charge is -2.17. The monoisotopic (exact) mass is 300 g/mol. The third kappa shape index (κ3) is 2.92. The minimum Gasteiger partial charge on any atom is -0.365 e. The van der Waals surface area contributed by atoms with Crippen LogP contribution in [0.2, 0.25) is 0 Å². The van der Waals surface area contributed by atoms with Gasteiger partial charge in [-0.1, -0.05) is 0 Å². The van der Waals surface area contributed by atoms with E-state index in [0.29, 0.717) is 22.8 Å². The van der Waals surface area contributed by atoms with Crippen LogP contribution in [-0.2, 0) is 0 Å². The van der Waals surface area contributed by atoms with E-state index in [0.717, 1.165) is 0 Å². The molecule has 1 aliphatic carbocycles. The summed E-state index contributed by atoms with van der Waals surface area (Å²) in [5, 5.41) is 13.8. The zero-order valence-corrected chi connectivity index (χ0v) is 10.7. The smallest absolute Gasteiger partial charge is 0.288 e. The highest BCUT2D eigenvalue weighted by Crippen LogP contribution is 2.35. The Morgan fingerprint density at radius 1 is 1.71 bits per heavy atom. The van der Waals surface area contributed by atoms with Crippen LogP contribution in [0.3, 0.4) is 0 Å². The molecule has 0 aromatic carbocycles. The van der Waals surface area contributed by atoms with Crippen molar-refractivity contribution in [3.8, 4) is 0 Å². The van der Waals surface area contributed by atoms with Gasteiger partial charge in [-0.2, -0.15) is 0 Å². The van der Waals surface area contributed by atoms with E-state index in [2.05, 4.69) is 26.2 Å². The fourth-order valence-corrected chi connectivity index (χ4v) is 2.13. The predicted molar refractivity (Wildman–Crippen MR) is 67.8 cm³/mol. The molecule has 1 fully saturated rings. The van der Waals surface area contributed by atoms with E-state index >= 15 is 0 Å². The number of hydrogen-bond acceptors (Lipinski definition) is 5. The minimum absolute atomic E-state index is 0.0295. The minimum atomic E-state index is -0.469. The van der Waals surface area contributed by atoms with Crippen LogP contribution in [0.4, 0.5) is 11.5 Å². The van der Waals surface area contributed by atoms with Gasteiger partial charge in [-0.25, -0.2) is 4.98 Å². The number of aromatic nitrogens is 1. The predicted octanol–water partition coefficient (Wildman–Crippen LogP) is 1.90. The molecule has 1 aromatic heterocycles. The molecule has 0 saturated heterocycles. The third-order valence-electron chi connectivity index (χ3n) is 2.80. The van der Waals surface area contributed by atoms with E-state index < -0.39 is 4.92 Å². The van der Waals surface area contributed by atoms with Crippen molar-refractivity contribution in [2.24, 2.45) is 11.7 Å². The molecule has 0 amide bonds. The van der Waals surface area contributed by atoms with Gasteiger partial charge in [0.05, 0.1) is 9.40 Å². The molecule has 1 heterocycles. The Morgan fingerprint density at radius 2 is 2.41 bits per heavy atom. The molecular formula is C10H13BrN4O2. The molecule has 1 unspecified atom stereocenters. The summed E-state index contributed by atoms with van der Waals surface area (Å²) >= 11 is 3.27. The number of rotatable bonds is 5. The molecule has 1 aromatic rings. The van der Waals surface area contributed by atoms with E-state index in [-0.39, 0.29) is 11.7 Å². The van der Waals surface area contributed by atoms with Gasteiger partial charge in [-0.15, -0.1) is 0 Å². The summed E-state index contributed by atoms with van der Waals surface area (Å²) in [6.45, 7) is 0.537. The second-order valence-corrected chi connectivity index (χ2v) is 4.96. The van der Waals surface area contributed by atoms with Crippen LogP contribution in [0.25, 0.3) is 0 Å². The summed E-state index contributed by atoms with van der Waals surface area (Å²) in [5.74, 6) is 1.21. The molecule has 0 radical (unpaired) electrons. The van der Waals surface area contributed by atoms with Gasteiger partial charge < -0.3 is 11.1 Å². The Bertz CT molecular complexity index is 436. The first-order valence-corrected chi connectivity index (χ1v) is 6.17. The van der Waals surface area contributed by atoms with Gasteiger partial charge in [-0.05, 0) is 34.7 Å². The molecule has 17 heavy (non-hydrogen) atoms. The molecule has 0 aliphatic heterocycles. The number of hydrogen-bond donors (Lipinski definition) is 2. The van der Waals surface area contributed by atoms with Gasteiger partial charge in [0, 0.05) is 18.7 Å². The van der Waals surface area contributed by atoms with Crippen molar-refractivity contribution >= 4 is 27.4 Å². The molecule has 1 aliphatic rings. The highest BCUT2D eigenvalue weighted by molar-refractivity contribution is 9.10. The lowest BCUT2D eigenvalue weighted by Crippen LogP contribution is -2.31. The van der Waals surface area contributed by atoms with Crippen LogP contribution in [0, 0.1) is 16.0 Å². The summed E-state index contributed by atoms with van der Waals surface area (Å²) in [6.07, 6.45) is 3.60. The number of halogens is 1. The third-order valence-corrected chi connectivity index (χ3v) is 3.41. The Kier molecular flexibility index (Phi) is 3.58. The van der Waals surface area contributed by atoms with E-state index in [1.54, 1.807) is 0 Å². The number of nitrogens with two attached hydrogens (primary N) is 1. The first-order valence-electron chi connectivity index (χ1n) is 5.38. The molecule has 2 rings (SSSR count). The first kappa shape index (κ1) is 12.3. The molecule has 0 spiro atoms. The number of nitro groups is 1. The van der Waals surface area contributed by atoms with Gasteiger partial charge in [0.15, 0.2) is 0 Å². The highest BCUT2D eigenvalue weighted by atomic mass is 79.9. The van der Waals surface area contributed by atoms with Gasteiger partial charge in [0.25, 0.3) is 5.69 Å². The summed E-state index contributed by atoms with van der Waals surface area (Å²) in [5.41, 5.74) is 5.65. The zero-order chi connectivity index (χ0) is 12.4. The maximum atomic E-state index is 10.6. The summed E-state index contributed by atoms with van der Waals surface area (Å²) < 4.78 is 0.589. The van der Waals surface area contributed by atoms with Crippen LogP contribution < -0.4 is 11.1 Å². The van der Waals surface area contributed by atoms with Crippen molar-refractivity contribution in [1.29, 1.82) is 0 Å². The molecule has 0 bridgehead atoms. The normalized spacial score (nSPS) is 16.6. The average Bonchev–Trinajstić information content (AvgIpc) is 3.11. The van der Waals surface area contributed by atoms with Crippen LogP contribution in [-0.4, -0.2) is 22.5 Å². The van der Waals surface area contributed by atoms with Gasteiger partial charge in [0.1, 0.15) is 12.0 Å². The zero-order valence-electron chi connectivity index (χ0n) is 9.10. The van der Waals surface area contributed by atoms with Crippen LogP contribution in [0.5, 0.6) is 0 Å². The van der Waals surface area contributed by atoms with Crippen molar-refractivity contribution in [3.05, 3.63) is 26.9 Å². The molecule has 1 atom stereocenters. The van der Waals surface area contributed by atoms with Crippen molar-refractivity contribution in [2.45, 2.75) is 18.9 Å². The standard InChI is InChI=1S/C10H13BrN4O2/c11-8-3-7(15(16)17)5-13-10(8)14-9(4-12)6-1-2-6/h3,5-6,9H,1-2,4,12H2,(H,13,14). The molecular weight excluding hydrogens is 288 g/mol. The SMILES string of the molecule is NCC(Nc1ncc([N+](=O)[O-])cc1Br)C1CC1. The van der Waals surface area contributed by atoms with Crippen LogP contribution in [0.15, 0.2) is 16.7 Å². The Hall–Kier alpha value is -1.21. The van der Waals surface area contributed by atoms with Crippen molar-refractivity contribution in [3.63, 3.8) is 0 Å². The maximum absolute atomic E-state index is 10.6. The lowest BCUT2D eigenvalue weighted by atomic mass is 10.2. The Labute approximate surface area is 107 Å². The maximum Gasteiger partial charge on any atom is 0.288 e. The number of pyridine rings is 1. The van der Waals surface area contributed by atoms with E-state index in [9.17, 15) is 10.1 Å². The fourth-order valence-electron chi connectivity index (χ4n) is 1.68. The Morgan fingerprint density at radius 3 is 2.88 bits per heavy atom. The van der Waals surface area contributed by atoms with E-state index in [4.69, 9.17) is 5.73 Å². The Balaban J connectivity index is 2.12. The van der Waals surface area contributed by atoms with Gasteiger partial charge in [-0.3, -0.25) is 10.1 Å². The fraction of sp³-hybridized carbons (Fsp3) is 0.500. The second-order valence-electron chi connectivity index (χ2n) is 4.11. The van der Waals surface area contributed by atoms with Crippen molar-refractivity contribution < 1.29 is 4.92 Å². The van der Waals surface area contributed by atoms with Gasteiger partial charge >= 0.3 is 0 Å². The van der Waals surface area contributed by atoms with E-state index in [1.807, 2.05) is 0 Å². The summed E-state index contributed by atoms with van der Waals surface area (Å²) in [6, 6.07) is 1.63. The number of nitrogens with one attached hydrogen (secondary N) is 1. The van der Waals surface area contributed by atoms with Crippen molar-refractivity contribution in [1.82, 2.24) is 4.98 Å². The van der Waals surface area contributed by atoms with Crippen LogP contribution >= 0.6 is 15.9 Å². The molecule has 1 saturated carbocycles. The topological polar surface area (TPSA) is 94.1 Å².